The first-order valence-corrected chi connectivity index (χ1v) is 15.2. The summed E-state index contributed by atoms with van der Waals surface area (Å²) in [6.07, 6.45) is 4.30. The zero-order chi connectivity index (χ0) is 30.2. The van der Waals surface area contributed by atoms with Crippen LogP contribution in [-0.4, -0.2) is 58.2 Å². The maximum atomic E-state index is 15.2. The van der Waals surface area contributed by atoms with Crippen LogP contribution in [0.5, 0.6) is 0 Å². The van der Waals surface area contributed by atoms with Gasteiger partial charge < -0.3 is 10.1 Å². The molecule has 1 aromatic heterocycles. The van der Waals surface area contributed by atoms with Crippen LogP contribution < -0.4 is 5.32 Å². The Kier molecular flexibility index (Phi) is 7.81. The van der Waals surface area contributed by atoms with E-state index >= 15 is 4.39 Å². The quantitative estimate of drug-likeness (QED) is 0.433. The van der Waals surface area contributed by atoms with Crippen molar-refractivity contribution in [3.8, 4) is 17.2 Å². The Hall–Kier alpha value is -4.24. The Morgan fingerprint density at radius 2 is 1.90 bits per heavy atom. The van der Waals surface area contributed by atoms with Gasteiger partial charge in [-0.2, -0.15) is 22.9 Å². The highest BCUT2D eigenvalue weighted by Gasteiger charge is 2.52. The fraction of sp³-hybridized carbons (Fsp3) is 0.400. The molecule has 1 aliphatic carbocycles. The molecule has 2 bridgehead atoms. The molecule has 4 unspecified atom stereocenters. The highest BCUT2D eigenvalue weighted by Crippen LogP contribution is 2.43. The Labute approximate surface area is 244 Å². The molecule has 3 aromatic rings. The fourth-order valence-electron chi connectivity index (χ4n) is 5.69. The Morgan fingerprint density at radius 3 is 2.57 bits per heavy atom. The number of ether oxygens (including phenoxy) is 1. The molecule has 220 valence electrons. The summed E-state index contributed by atoms with van der Waals surface area (Å²) >= 11 is 0. The summed E-state index contributed by atoms with van der Waals surface area (Å²) in [6, 6.07) is 12.3. The molecule has 1 N–H and O–H groups in total. The van der Waals surface area contributed by atoms with Gasteiger partial charge in [-0.25, -0.2) is 9.18 Å². The van der Waals surface area contributed by atoms with E-state index < -0.39 is 45.5 Å². The molecule has 1 saturated carbocycles. The number of amides is 2. The summed E-state index contributed by atoms with van der Waals surface area (Å²) in [5.74, 6) is -1.09. The van der Waals surface area contributed by atoms with E-state index in [1.807, 2.05) is 6.07 Å². The van der Waals surface area contributed by atoms with Crippen molar-refractivity contribution < 1.29 is 27.1 Å². The van der Waals surface area contributed by atoms with Crippen molar-refractivity contribution in [1.82, 2.24) is 19.4 Å². The van der Waals surface area contributed by atoms with Gasteiger partial charge in [-0.3, -0.25) is 9.69 Å². The summed E-state index contributed by atoms with van der Waals surface area (Å²) in [5.41, 5.74) is 0.280. The number of rotatable bonds is 7. The summed E-state index contributed by atoms with van der Waals surface area (Å²) in [5, 5.41) is 16.4. The van der Waals surface area contributed by atoms with Crippen LogP contribution in [-0.2, 0) is 26.0 Å². The van der Waals surface area contributed by atoms with E-state index in [2.05, 4.69) is 10.4 Å². The van der Waals surface area contributed by atoms with Crippen LogP contribution in [0.15, 0.2) is 65.8 Å². The van der Waals surface area contributed by atoms with E-state index in [0.29, 0.717) is 17.5 Å². The van der Waals surface area contributed by atoms with Crippen molar-refractivity contribution in [1.29, 1.82) is 5.26 Å². The van der Waals surface area contributed by atoms with Crippen LogP contribution in [0.3, 0.4) is 0 Å². The second kappa shape index (κ2) is 11.2. The summed E-state index contributed by atoms with van der Waals surface area (Å²) in [7, 11) is -3.90. The molecule has 0 radical (unpaired) electrons. The first-order valence-electron chi connectivity index (χ1n) is 13.7. The SMILES string of the molecule is CC(C)(C)OC(=O)N1C2CCC(C2)C1C(=O)NC(C#N)Cc1ccc(-c2cnn(S(=O)(=O)c3ccccc3)c2)cc1F. The molecule has 4 atom stereocenters. The van der Waals surface area contributed by atoms with Crippen LogP contribution in [0.1, 0.15) is 45.6 Å². The molecule has 2 heterocycles. The van der Waals surface area contributed by atoms with Gasteiger partial charge in [0.05, 0.1) is 23.4 Å². The van der Waals surface area contributed by atoms with Gasteiger partial charge in [-0.15, -0.1) is 0 Å². The van der Waals surface area contributed by atoms with Gasteiger partial charge in [-0.1, -0.05) is 30.3 Å². The standard InChI is InChI=1S/C30H32FN5O5S/c1-30(2,3)41-29(38)36-24-12-11-21(14-24)27(36)28(37)34-23(16-32)13-20-10-9-19(15-26(20)31)22-17-33-35(18-22)42(39,40)25-7-5-4-6-8-25/h4-10,15,17-18,21,23-24,27H,11-14H2,1-3H3,(H,34,37). The van der Waals surface area contributed by atoms with Crippen LogP contribution in [0.25, 0.3) is 11.1 Å². The number of halogens is 1. The fourth-order valence-corrected chi connectivity index (χ4v) is 6.83. The third kappa shape index (κ3) is 5.87. The van der Waals surface area contributed by atoms with Crippen molar-refractivity contribution in [2.24, 2.45) is 5.92 Å². The van der Waals surface area contributed by atoms with Crippen molar-refractivity contribution >= 4 is 22.0 Å². The van der Waals surface area contributed by atoms with Crippen molar-refractivity contribution in [2.75, 3.05) is 0 Å². The van der Waals surface area contributed by atoms with Gasteiger partial charge in [0.2, 0.25) is 5.91 Å². The van der Waals surface area contributed by atoms with Crippen LogP contribution in [0.2, 0.25) is 0 Å². The Balaban J connectivity index is 1.28. The lowest BCUT2D eigenvalue weighted by molar-refractivity contribution is -0.128. The topological polar surface area (TPSA) is 134 Å². The maximum Gasteiger partial charge on any atom is 0.411 e. The number of piperidine rings is 1. The van der Waals surface area contributed by atoms with Crippen LogP contribution in [0, 0.1) is 23.1 Å². The number of nitrogens with one attached hydrogen (secondary N) is 1. The second-order valence-electron chi connectivity index (χ2n) is 11.7. The largest absolute Gasteiger partial charge is 0.444 e. The molecular formula is C30H32FN5O5S. The number of hydrogen-bond acceptors (Lipinski definition) is 7. The minimum atomic E-state index is -3.90. The van der Waals surface area contributed by atoms with E-state index in [4.69, 9.17) is 4.74 Å². The van der Waals surface area contributed by atoms with Gasteiger partial charge in [0.15, 0.2) is 0 Å². The Bertz CT molecular complexity index is 1640. The number of nitriles is 1. The van der Waals surface area contributed by atoms with Gasteiger partial charge in [-0.05, 0) is 75.3 Å². The average Bonchev–Trinajstić information content (AvgIpc) is 3.70. The number of benzene rings is 2. The average molecular weight is 594 g/mol. The highest BCUT2D eigenvalue weighted by atomic mass is 32.2. The zero-order valence-electron chi connectivity index (χ0n) is 23.5. The molecule has 5 rings (SSSR count). The summed E-state index contributed by atoms with van der Waals surface area (Å²) in [6.45, 7) is 5.29. The number of fused-ring (bicyclic) bond motifs is 2. The lowest BCUT2D eigenvalue weighted by atomic mass is 9.97. The molecule has 0 spiro atoms. The highest BCUT2D eigenvalue weighted by molar-refractivity contribution is 7.89. The number of carbonyl (C=O) groups excluding carboxylic acids is 2. The molecule has 10 nitrogen and oxygen atoms in total. The Morgan fingerprint density at radius 1 is 1.17 bits per heavy atom. The van der Waals surface area contributed by atoms with Crippen LogP contribution >= 0.6 is 0 Å². The van der Waals surface area contributed by atoms with E-state index in [9.17, 15) is 23.3 Å². The van der Waals surface area contributed by atoms with E-state index in [1.165, 1.54) is 41.6 Å². The normalized spacial score (nSPS) is 20.6. The number of nitrogens with zero attached hydrogens (tertiary/aromatic N) is 4. The third-order valence-corrected chi connectivity index (χ3v) is 9.15. The lowest BCUT2D eigenvalue weighted by Gasteiger charge is -2.35. The zero-order valence-corrected chi connectivity index (χ0v) is 24.3. The third-order valence-electron chi connectivity index (χ3n) is 7.59. The molecule has 42 heavy (non-hydrogen) atoms. The first kappa shape index (κ1) is 29.3. The predicted octanol–water partition coefficient (Wildman–Crippen LogP) is 4.27. The number of likely N-dealkylation sites (tertiary alicyclic amines) is 1. The molecular weight excluding hydrogens is 561 g/mol. The summed E-state index contributed by atoms with van der Waals surface area (Å²) in [4.78, 5) is 27.8. The number of hydrogen-bond donors (Lipinski definition) is 1. The smallest absolute Gasteiger partial charge is 0.411 e. The van der Waals surface area contributed by atoms with E-state index in [0.717, 1.165) is 16.9 Å². The minimum absolute atomic E-state index is 0.0236. The molecule has 2 aliphatic rings. The van der Waals surface area contributed by atoms with Gasteiger partial charge >= 0.3 is 6.09 Å². The molecule has 1 aliphatic heterocycles. The van der Waals surface area contributed by atoms with Crippen molar-refractivity contribution in [2.45, 2.75) is 75.1 Å². The first-order chi connectivity index (χ1) is 19.9. The number of aromatic nitrogens is 2. The van der Waals surface area contributed by atoms with Gasteiger partial charge in [0, 0.05) is 18.0 Å². The second-order valence-corrected chi connectivity index (χ2v) is 13.5. The molecule has 12 heteroatoms. The molecule has 1 saturated heterocycles. The predicted molar refractivity (Wildman–Crippen MR) is 151 cm³/mol. The number of carbonyl (C=O) groups is 2. The summed E-state index contributed by atoms with van der Waals surface area (Å²) < 4.78 is 47.2. The van der Waals surface area contributed by atoms with E-state index in [-0.39, 0.29) is 28.8 Å². The molecule has 2 fully saturated rings. The lowest BCUT2D eigenvalue weighted by Crippen LogP contribution is -2.55. The molecule has 2 aromatic carbocycles. The molecule has 2 amide bonds. The van der Waals surface area contributed by atoms with Gasteiger partial charge in [0.1, 0.15) is 23.5 Å². The van der Waals surface area contributed by atoms with Crippen molar-refractivity contribution in [3.63, 3.8) is 0 Å². The maximum absolute atomic E-state index is 15.2. The van der Waals surface area contributed by atoms with Gasteiger partial charge in [0.25, 0.3) is 10.0 Å². The van der Waals surface area contributed by atoms with Crippen molar-refractivity contribution in [3.05, 3.63) is 72.3 Å². The minimum Gasteiger partial charge on any atom is -0.444 e. The van der Waals surface area contributed by atoms with E-state index in [1.54, 1.807) is 45.0 Å². The van der Waals surface area contributed by atoms with Crippen LogP contribution in [0.4, 0.5) is 9.18 Å². The monoisotopic (exact) mass is 593 g/mol.